The van der Waals surface area contributed by atoms with Crippen LogP contribution in [-0.2, 0) is 0 Å². The van der Waals surface area contributed by atoms with E-state index in [1.165, 1.54) is 0 Å². The van der Waals surface area contributed by atoms with E-state index in [4.69, 9.17) is 0 Å². The number of aliphatic imine (C=N–C) groups is 1. The highest BCUT2D eigenvalue weighted by Crippen LogP contribution is 1.93. The Hall–Kier alpha value is -1.11. The molecule has 0 aliphatic carbocycles. The molecule has 1 heteroatoms. The van der Waals surface area contributed by atoms with E-state index in [0.29, 0.717) is 0 Å². The van der Waals surface area contributed by atoms with E-state index in [-0.39, 0.29) is 0 Å². The predicted octanol–water partition coefficient (Wildman–Crippen LogP) is 3.11. The maximum atomic E-state index is 3.98. The second-order valence-corrected chi connectivity index (χ2v) is 2.07. The van der Waals surface area contributed by atoms with E-state index < -0.39 is 0 Å². The smallest absolute Gasteiger partial charge is 0.0553 e. The molecule has 11 heavy (non-hydrogen) atoms. The molecule has 0 saturated heterocycles. The zero-order valence-electron chi connectivity index (χ0n) is 7.25. The molecule has 1 nitrogen and oxygen atoms in total. The first kappa shape index (κ1) is 9.89. The zero-order valence-corrected chi connectivity index (χ0v) is 7.25. The van der Waals surface area contributed by atoms with Crippen molar-refractivity contribution >= 4 is 6.21 Å². The minimum absolute atomic E-state index is 0.785. The van der Waals surface area contributed by atoms with E-state index in [9.17, 15) is 0 Å². The normalized spacial score (nSPS) is 12.2. The van der Waals surface area contributed by atoms with Crippen molar-refractivity contribution in [2.24, 2.45) is 4.99 Å². The fraction of sp³-hybridized carbons (Fsp3) is 0.300. The van der Waals surface area contributed by atoms with Crippen LogP contribution in [0.3, 0.4) is 0 Å². The molecule has 0 atom stereocenters. The highest BCUT2D eigenvalue weighted by atomic mass is 14.7. The van der Waals surface area contributed by atoms with Gasteiger partial charge in [-0.2, -0.15) is 0 Å². The molecule has 0 aliphatic rings. The maximum absolute atomic E-state index is 3.98. The Morgan fingerprint density at radius 1 is 1.45 bits per heavy atom. The van der Waals surface area contributed by atoms with Crippen LogP contribution in [0.25, 0.3) is 0 Å². The molecule has 0 saturated carbocycles. The average Bonchev–Trinajstić information content (AvgIpc) is 1.99. The molecule has 0 aromatic heterocycles. The van der Waals surface area contributed by atoms with Crippen LogP contribution in [0, 0.1) is 0 Å². The molecule has 60 valence electrons. The number of hydrogen-bond acceptors (Lipinski definition) is 1. The summed E-state index contributed by atoms with van der Waals surface area (Å²) in [5.74, 6) is 0. The second-order valence-electron chi connectivity index (χ2n) is 2.07. The van der Waals surface area contributed by atoms with E-state index in [1.54, 1.807) is 6.21 Å². The molecule has 0 rings (SSSR count). The quantitative estimate of drug-likeness (QED) is 0.430. The second kappa shape index (κ2) is 7.00. The van der Waals surface area contributed by atoms with Gasteiger partial charge in [-0.15, -0.1) is 0 Å². The van der Waals surface area contributed by atoms with Gasteiger partial charge in [-0.25, -0.2) is 0 Å². The molecule has 0 radical (unpaired) electrons. The Kier molecular flexibility index (Phi) is 6.30. The first-order chi connectivity index (χ1) is 5.31. The van der Waals surface area contributed by atoms with Crippen LogP contribution in [0.4, 0.5) is 0 Å². The Bertz CT molecular complexity index is 185. The minimum Gasteiger partial charge on any atom is -0.262 e. The largest absolute Gasteiger partial charge is 0.262 e. The van der Waals surface area contributed by atoms with Gasteiger partial charge in [0.05, 0.1) is 5.70 Å². The van der Waals surface area contributed by atoms with E-state index in [2.05, 4.69) is 24.6 Å². The lowest BCUT2D eigenvalue weighted by molar-refractivity contribution is 1.22. The molecular weight excluding hydrogens is 134 g/mol. The monoisotopic (exact) mass is 149 g/mol. The van der Waals surface area contributed by atoms with Crippen molar-refractivity contribution in [3.8, 4) is 0 Å². The highest BCUT2D eigenvalue weighted by Gasteiger charge is 1.74. The molecular formula is C10H15N. The summed E-state index contributed by atoms with van der Waals surface area (Å²) in [5, 5.41) is 0. The van der Waals surface area contributed by atoms with E-state index in [1.807, 2.05) is 25.2 Å². The Balaban J connectivity index is 3.74. The number of allylic oxidation sites excluding steroid dienone is 4. The first-order valence-electron chi connectivity index (χ1n) is 3.82. The van der Waals surface area contributed by atoms with Crippen molar-refractivity contribution in [2.75, 3.05) is 0 Å². The highest BCUT2D eigenvalue weighted by molar-refractivity contribution is 5.55. The van der Waals surface area contributed by atoms with Crippen molar-refractivity contribution < 1.29 is 0 Å². The number of hydrogen-bond donors (Lipinski definition) is 0. The van der Waals surface area contributed by atoms with Crippen molar-refractivity contribution in [3.05, 3.63) is 36.6 Å². The molecule has 0 amide bonds. The first-order valence-corrected chi connectivity index (χ1v) is 3.82. The Morgan fingerprint density at radius 3 is 2.73 bits per heavy atom. The average molecular weight is 149 g/mol. The summed E-state index contributed by atoms with van der Waals surface area (Å²) >= 11 is 0. The zero-order chi connectivity index (χ0) is 8.53. The fourth-order valence-electron chi connectivity index (χ4n) is 0.590. The molecule has 0 N–H and O–H groups in total. The van der Waals surface area contributed by atoms with Gasteiger partial charge in [0.1, 0.15) is 0 Å². The lowest BCUT2D eigenvalue weighted by Gasteiger charge is -1.84. The standard InChI is InChI=1S/C10H15N/c1-4-6-7-8-9-10(3)11-5-2/h5-9H,3-4H2,1-2H3/b7-6-,9-8-,11-5-. The van der Waals surface area contributed by atoms with Crippen LogP contribution in [0.1, 0.15) is 20.3 Å². The van der Waals surface area contributed by atoms with Crippen molar-refractivity contribution in [2.45, 2.75) is 20.3 Å². The summed E-state index contributed by atoms with van der Waals surface area (Å²) in [4.78, 5) is 3.98. The van der Waals surface area contributed by atoms with Crippen LogP contribution >= 0.6 is 0 Å². The molecule has 0 aromatic carbocycles. The van der Waals surface area contributed by atoms with Gasteiger partial charge in [-0.1, -0.05) is 31.7 Å². The van der Waals surface area contributed by atoms with Gasteiger partial charge < -0.3 is 0 Å². The van der Waals surface area contributed by atoms with Crippen LogP contribution in [0.15, 0.2) is 41.6 Å². The van der Waals surface area contributed by atoms with Crippen LogP contribution < -0.4 is 0 Å². The van der Waals surface area contributed by atoms with Gasteiger partial charge in [0.2, 0.25) is 0 Å². The summed E-state index contributed by atoms with van der Waals surface area (Å²) in [5.41, 5.74) is 0.785. The minimum atomic E-state index is 0.785. The molecule has 0 fully saturated rings. The summed E-state index contributed by atoms with van der Waals surface area (Å²) in [6.45, 7) is 7.70. The lowest BCUT2D eigenvalue weighted by atomic mass is 10.3. The topological polar surface area (TPSA) is 12.4 Å². The van der Waals surface area contributed by atoms with Gasteiger partial charge in [0, 0.05) is 6.21 Å². The van der Waals surface area contributed by atoms with Gasteiger partial charge in [0.15, 0.2) is 0 Å². The van der Waals surface area contributed by atoms with Crippen LogP contribution in [0.2, 0.25) is 0 Å². The molecule has 0 aromatic rings. The Labute approximate surface area is 68.9 Å². The van der Waals surface area contributed by atoms with Crippen molar-refractivity contribution in [1.29, 1.82) is 0 Å². The van der Waals surface area contributed by atoms with Crippen LogP contribution in [-0.4, -0.2) is 6.21 Å². The molecule has 0 bridgehead atoms. The molecule has 0 spiro atoms. The number of rotatable bonds is 4. The third kappa shape index (κ3) is 6.78. The van der Waals surface area contributed by atoms with E-state index >= 15 is 0 Å². The number of nitrogens with zero attached hydrogens (tertiary/aromatic N) is 1. The van der Waals surface area contributed by atoms with Gasteiger partial charge >= 0.3 is 0 Å². The van der Waals surface area contributed by atoms with E-state index in [0.717, 1.165) is 12.1 Å². The summed E-state index contributed by atoms with van der Waals surface area (Å²) in [6, 6.07) is 0. The van der Waals surface area contributed by atoms with Crippen molar-refractivity contribution in [3.63, 3.8) is 0 Å². The fourth-order valence-corrected chi connectivity index (χ4v) is 0.590. The van der Waals surface area contributed by atoms with Gasteiger partial charge in [-0.3, -0.25) is 4.99 Å². The Morgan fingerprint density at radius 2 is 2.18 bits per heavy atom. The SMILES string of the molecule is C=C(/C=C\C=C/CC)/N=C\C. The predicted molar refractivity (Wildman–Crippen MR) is 51.9 cm³/mol. The third-order valence-corrected chi connectivity index (χ3v) is 1.07. The van der Waals surface area contributed by atoms with Gasteiger partial charge in [0.25, 0.3) is 0 Å². The summed E-state index contributed by atoms with van der Waals surface area (Å²) in [7, 11) is 0. The molecule has 0 unspecified atom stereocenters. The molecule has 0 aliphatic heterocycles. The summed E-state index contributed by atoms with van der Waals surface area (Å²) < 4.78 is 0. The third-order valence-electron chi connectivity index (χ3n) is 1.07. The summed E-state index contributed by atoms with van der Waals surface area (Å²) in [6.07, 6.45) is 10.7. The van der Waals surface area contributed by atoms with Gasteiger partial charge in [-0.05, 0) is 19.4 Å². The lowest BCUT2D eigenvalue weighted by Crippen LogP contribution is -1.66. The van der Waals surface area contributed by atoms with Crippen molar-refractivity contribution in [1.82, 2.24) is 0 Å². The molecule has 0 heterocycles. The van der Waals surface area contributed by atoms with Crippen LogP contribution in [0.5, 0.6) is 0 Å². The maximum Gasteiger partial charge on any atom is 0.0553 e.